The Morgan fingerprint density at radius 1 is 1.33 bits per heavy atom. The first-order chi connectivity index (χ1) is 12.7. The number of aromatic nitrogens is 1. The van der Waals surface area contributed by atoms with E-state index in [1.54, 1.807) is 12.3 Å². The minimum atomic E-state index is -1.10. The monoisotopic (exact) mass is 399 g/mol. The standard InChI is InChI=1S/C17H19F2N3O4S/c1-9(23)8-26-21-17(25)15-12(19)7-14(24)22(2)16(15)20-13-5-4-10(27-3)6-11(13)18/h4-7,9,20,23H,8H2,1-3H3,(H,21,25). The maximum atomic E-state index is 14.3. The first-order valence-corrected chi connectivity index (χ1v) is 9.07. The quantitative estimate of drug-likeness (QED) is 0.488. The summed E-state index contributed by atoms with van der Waals surface area (Å²) < 4.78 is 29.6. The second-order valence-corrected chi connectivity index (χ2v) is 6.55. The third-order valence-electron chi connectivity index (χ3n) is 3.54. The maximum Gasteiger partial charge on any atom is 0.281 e. The van der Waals surface area contributed by atoms with Crippen LogP contribution in [0.15, 0.2) is 34.0 Å². The molecule has 2 rings (SSSR count). The first-order valence-electron chi connectivity index (χ1n) is 7.84. The van der Waals surface area contributed by atoms with Crippen molar-refractivity contribution in [1.82, 2.24) is 10.0 Å². The van der Waals surface area contributed by atoms with E-state index in [1.807, 2.05) is 5.48 Å². The number of nitrogens with one attached hydrogen (secondary N) is 2. The third-order valence-corrected chi connectivity index (χ3v) is 4.26. The molecule has 1 atom stereocenters. The van der Waals surface area contributed by atoms with Gasteiger partial charge in [0.15, 0.2) is 0 Å². The van der Waals surface area contributed by atoms with Crippen LogP contribution in [0.4, 0.5) is 20.3 Å². The van der Waals surface area contributed by atoms with Crippen molar-refractivity contribution in [2.45, 2.75) is 17.9 Å². The van der Waals surface area contributed by atoms with E-state index in [0.29, 0.717) is 11.0 Å². The number of nitrogens with zero attached hydrogens (tertiary/aromatic N) is 1. The molecule has 0 saturated carbocycles. The Balaban J connectivity index is 2.42. The molecule has 0 aliphatic heterocycles. The van der Waals surface area contributed by atoms with Gasteiger partial charge in [0, 0.05) is 18.0 Å². The highest BCUT2D eigenvalue weighted by Crippen LogP contribution is 2.26. The molecule has 0 aliphatic rings. The Morgan fingerprint density at radius 2 is 2.04 bits per heavy atom. The molecular weight excluding hydrogens is 380 g/mol. The number of carbonyl (C=O) groups is 1. The molecule has 0 bridgehead atoms. The van der Waals surface area contributed by atoms with Gasteiger partial charge in [-0.15, -0.1) is 11.8 Å². The average molecular weight is 399 g/mol. The number of thioether (sulfide) groups is 1. The number of aliphatic hydroxyl groups is 1. The van der Waals surface area contributed by atoms with Crippen LogP contribution in [0.25, 0.3) is 0 Å². The minimum absolute atomic E-state index is 0.0349. The van der Waals surface area contributed by atoms with Gasteiger partial charge in [0.1, 0.15) is 29.6 Å². The van der Waals surface area contributed by atoms with Gasteiger partial charge in [-0.25, -0.2) is 14.3 Å². The summed E-state index contributed by atoms with van der Waals surface area (Å²) in [5.74, 6) is -2.96. The number of halogens is 2. The number of rotatable bonds is 7. The van der Waals surface area contributed by atoms with Crippen LogP contribution in [0.5, 0.6) is 0 Å². The summed E-state index contributed by atoms with van der Waals surface area (Å²) in [6.45, 7) is 1.22. The molecule has 1 aromatic carbocycles. The van der Waals surface area contributed by atoms with Gasteiger partial charge < -0.3 is 10.4 Å². The van der Waals surface area contributed by atoms with Crippen molar-refractivity contribution in [2.75, 3.05) is 18.2 Å². The second kappa shape index (κ2) is 8.98. The van der Waals surface area contributed by atoms with Crippen LogP contribution < -0.4 is 16.4 Å². The van der Waals surface area contributed by atoms with Crippen LogP contribution in [0, 0.1) is 11.6 Å². The number of anilines is 2. The largest absolute Gasteiger partial charge is 0.391 e. The Bertz CT molecular complexity index is 902. The summed E-state index contributed by atoms with van der Waals surface area (Å²) in [5, 5.41) is 11.7. The normalized spacial score (nSPS) is 11.9. The zero-order valence-corrected chi connectivity index (χ0v) is 15.7. The van der Waals surface area contributed by atoms with Crippen LogP contribution in [-0.2, 0) is 11.9 Å². The number of hydrogen-bond donors (Lipinski definition) is 3. The average Bonchev–Trinajstić information content (AvgIpc) is 2.60. The van der Waals surface area contributed by atoms with Crippen molar-refractivity contribution in [3.05, 3.63) is 51.8 Å². The zero-order valence-electron chi connectivity index (χ0n) is 14.9. The van der Waals surface area contributed by atoms with Crippen LogP contribution in [0.2, 0.25) is 0 Å². The number of hydroxylamine groups is 1. The van der Waals surface area contributed by atoms with Gasteiger partial charge in [-0.05, 0) is 31.4 Å². The van der Waals surface area contributed by atoms with Gasteiger partial charge in [-0.3, -0.25) is 19.0 Å². The Hall–Kier alpha value is -2.43. The number of aliphatic hydroxyl groups excluding tert-OH is 1. The van der Waals surface area contributed by atoms with E-state index < -0.39 is 34.8 Å². The highest BCUT2D eigenvalue weighted by atomic mass is 32.2. The van der Waals surface area contributed by atoms with Gasteiger partial charge >= 0.3 is 0 Å². The molecule has 0 spiro atoms. The van der Waals surface area contributed by atoms with Crippen LogP contribution in [0.3, 0.4) is 0 Å². The van der Waals surface area contributed by atoms with E-state index in [1.165, 1.54) is 37.9 Å². The van der Waals surface area contributed by atoms with Crippen LogP contribution in [-0.4, -0.2) is 34.5 Å². The summed E-state index contributed by atoms with van der Waals surface area (Å²) in [6, 6.07) is 4.97. The predicted molar refractivity (Wildman–Crippen MR) is 98.2 cm³/mol. The van der Waals surface area contributed by atoms with E-state index in [4.69, 9.17) is 9.94 Å². The van der Waals surface area contributed by atoms with Gasteiger partial charge in [0.05, 0.1) is 11.8 Å². The zero-order chi connectivity index (χ0) is 20.1. The third kappa shape index (κ3) is 5.06. The maximum absolute atomic E-state index is 14.3. The SMILES string of the molecule is CSc1ccc(Nc2c(C(=O)NOCC(C)O)c(F)cc(=O)n2C)c(F)c1. The lowest BCUT2D eigenvalue weighted by atomic mass is 10.2. The molecule has 1 aromatic heterocycles. The molecule has 0 aliphatic carbocycles. The van der Waals surface area contributed by atoms with Crippen LogP contribution >= 0.6 is 11.8 Å². The molecule has 27 heavy (non-hydrogen) atoms. The molecule has 1 heterocycles. The number of pyridine rings is 1. The Kier molecular flexibility index (Phi) is 6.94. The summed E-state index contributed by atoms with van der Waals surface area (Å²) >= 11 is 1.34. The molecule has 0 fully saturated rings. The lowest BCUT2D eigenvalue weighted by Crippen LogP contribution is -2.31. The number of benzene rings is 1. The molecule has 0 saturated heterocycles. The highest BCUT2D eigenvalue weighted by molar-refractivity contribution is 7.98. The number of hydrogen-bond acceptors (Lipinski definition) is 6. The van der Waals surface area contributed by atoms with E-state index in [0.717, 1.165) is 4.57 Å². The highest BCUT2D eigenvalue weighted by Gasteiger charge is 2.22. The van der Waals surface area contributed by atoms with Crippen molar-refractivity contribution in [3.63, 3.8) is 0 Å². The molecule has 2 aromatic rings. The van der Waals surface area contributed by atoms with Gasteiger partial charge in [0.2, 0.25) is 0 Å². The number of carbonyl (C=O) groups excluding carboxylic acids is 1. The summed E-state index contributed by atoms with van der Waals surface area (Å²) in [4.78, 5) is 29.7. The first kappa shape index (κ1) is 20.9. The Morgan fingerprint density at radius 3 is 2.63 bits per heavy atom. The smallest absolute Gasteiger partial charge is 0.281 e. The minimum Gasteiger partial charge on any atom is -0.391 e. The summed E-state index contributed by atoms with van der Waals surface area (Å²) in [5.41, 5.74) is 0.695. The van der Waals surface area contributed by atoms with E-state index >= 15 is 0 Å². The lowest BCUT2D eigenvalue weighted by Gasteiger charge is -2.17. The van der Waals surface area contributed by atoms with Crippen molar-refractivity contribution >= 4 is 29.2 Å². The van der Waals surface area contributed by atoms with Crippen molar-refractivity contribution in [2.24, 2.45) is 7.05 Å². The molecule has 7 nitrogen and oxygen atoms in total. The predicted octanol–water partition coefficient (Wildman–Crippen LogP) is 2.17. The molecule has 146 valence electrons. The topological polar surface area (TPSA) is 92.6 Å². The molecule has 1 amide bonds. The molecular formula is C17H19F2N3O4S. The summed E-state index contributed by atoms with van der Waals surface area (Å²) in [7, 11) is 1.31. The van der Waals surface area contributed by atoms with Gasteiger partial charge in [0.25, 0.3) is 11.5 Å². The Labute approximate surface area is 158 Å². The number of amides is 1. The van der Waals surface area contributed by atoms with E-state index in [-0.39, 0.29) is 18.1 Å². The molecule has 0 radical (unpaired) electrons. The van der Waals surface area contributed by atoms with E-state index in [2.05, 4.69) is 5.32 Å². The van der Waals surface area contributed by atoms with Crippen molar-refractivity contribution in [1.29, 1.82) is 0 Å². The van der Waals surface area contributed by atoms with Crippen LogP contribution in [0.1, 0.15) is 17.3 Å². The fraction of sp³-hybridized carbons (Fsp3) is 0.294. The van der Waals surface area contributed by atoms with Gasteiger partial charge in [-0.2, -0.15) is 0 Å². The molecule has 3 N–H and O–H groups in total. The van der Waals surface area contributed by atoms with E-state index in [9.17, 15) is 18.4 Å². The summed E-state index contributed by atoms with van der Waals surface area (Å²) in [6.07, 6.45) is 0.935. The lowest BCUT2D eigenvalue weighted by molar-refractivity contribution is -0.00703. The molecule has 1 unspecified atom stereocenters. The fourth-order valence-corrected chi connectivity index (χ4v) is 2.59. The van der Waals surface area contributed by atoms with Crippen molar-refractivity contribution in [3.8, 4) is 0 Å². The van der Waals surface area contributed by atoms with Gasteiger partial charge in [-0.1, -0.05) is 0 Å². The van der Waals surface area contributed by atoms with Crippen molar-refractivity contribution < 1.29 is 23.5 Å². The second-order valence-electron chi connectivity index (χ2n) is 5.68. The fourth-order valence-electron chi connectivity index (χ4n) is 2.16. The molecule has 10 heteroatoms.